The maximum atomic E-state index is 11.6. The number of hydrogen-bond donors (Lipinski definition) is 3. The number of piperazine rings is 1. The second kappa shape index (κ2) is 9.42. The molecule has 0 aliphatic carbocycles. The van der Waals surface area contributed by atoms with E-state index in [0.29, 0.717) is 31.9 Å². The Bertz CT molecular complexity index is 1140. The Morgan fingerprint density at radius 2 is 1.94 bits per heavy atom. The SMILES string of the molecule is C[C@H](Nc1cc(N2CCN(/C(=N/O)c3nonc3N)CC2)ccc1[N+](=O)[O-])c1ccccc1. The number of nitrogens with one attached hydrogen (secondary N) is 1. The molecule has 1 aromatic heterocycles. The molecule has 1 aliphatic heterocycles. The molecule has 3 aromatic rings. The summed E-state index contributed by atoms with van der Waals surface area (Å²) in [4.78, 5) is 15.1. The van der Waals surface area contributed by atoms with E-state index in [-0.39, 0.29) is 34.0 Å². The number of nitrogens with two attached hydrogens (primary N) is 1. The number of nitro groups is 1. The van der Waals surface area contributed by atoms with Gasteiger partial charge < -0.3 is 26.1 Å². The van der Waals surface area contributed by atoms with Crippen molar-refractivity contribution in [3.63, 3.8) is 0 Å². The van der Waals surface area contributed by atoms with Gasteiger partial charge in [0.1, 0.15) is 5.69 Å². The van der Waals surface area contributed by atoms with Crippen LogP contribution in [0, 0.1) is 10.1 Å². The molecule has 0 spiro atoms. The lowest BCUT2D eigenvalue weighted by Crippen LogP contribution is -2.49. The number of aromatic nitrogens is 2. The van der Waals surface area contributed by atoms with E-state index >= 15 is 0 Å². The predicted molar refractivity (Wildman–Crippen MR) is 122 cm³/mol. The number of amidine groups is 1. The maximum absolute atomic E-state index is 11.6. The van der Waals surface area contributed by atoms with Crippen LogP contribution in [0.5, 0.6) is 0 Å². The highest BCUT2D eigenvalue weighted by Gasteiger charge is 2.27. The van der Waals surface area contributed by atoms with Crippen LogP contribution in [-0.4, -0.2) is 57.4 Å². The first kappa shape index (κ1) is 21.9. The first-order valence-corrected chi connectivity index (χ1v) is 10.4. The van der Waals surface area contributed by atoms with Gasteiger partial charge in [-0.2, -0.15) is 0 Å². The fourth-order valence-electron chi connectivity index (χ4n) is 3.84. The molecule has 0 amide bonds. The van der Waals surface area contributed by atoms with Crippen LogP contribution in [0.25, 0.3) is 0 Å². The van der Waals surface area contributed by atoms with E-state index < -0.39 is 0 Å². The maximum Gasteiger partial charge on any atom is 0.292 e. The average molecular weight is 452 g/mol. The summed E-state index contributed by atoms with van der Waals surface area (Å²) in [6.45, 7) is 4.19. The minimum atomic E-state index is -0.387. The van der Waals surface area contributed by atoms with Gasteiger partial charge in [0.25, 0.3) is 5.69 Å². The van der Waals surface area contributed by atoms with Crippen molar-refractivity contribution in [1.82, 2.24) is 15.2 Å². The average Bonchev–Trinajstić information content (AvgIpc) is 3.26. The third-order valence-corrected chi connectivity index (χ3v) is 5.61. The predicted octanol–water partition coefficient (Wildman–Crippen LogP) is 2.69. The lowest BCUT2D eigenvalue weighted by Gasteiger charge is -2.36. The Morgan fingerprint density at radius 1 is 1.21 bits per heavy atom. The van der Waals surface area contributed by atoms with E-state index in [1.54, 1.807) is 12.1 Å². The molecule has 0 saturated carbocycles. The van der Waals surface area contributed by atoms with E-state index in [9.17, 15) is 15.3 Å². The highest BCUT2D eigenvalue weighted by atomic mass is 16.6. The highest BCUT2D eigenvalue weighted by Crippen LogP contribution is 2.33. The number of anilines is 3. The first-order chi connectivity index (χ1) is 16.0. The number of oxime groups is 1. The van der Waals surface area contributed by atoms with Gasteiger partial charge in [-0.3, -0.25) is 10.1 Å². The normalized spacial score (nSPS) is 15.4. The molecular formula is C21H24N8O4. The first-order valence-electron chi connectivity index (χ1n) is 10.4. The van der Waals surface area contributed by atoms with Crippen molar-refractivity contribution in [2.45, 2.75) is 13.0 Å². The summed E-state index contributed by atoms with van der Waals surface area (Å²) < 4.78 is 4.60. The van der Waals surface area contributed by atoms with Gasteiger partial charge in [0.15, 0.2) is 11.5 Å². The molecule has 12 nitrogen and oxygen atoms in total. The topological polar surface area (TPSA) is 159 Å². The third-order valence-electron chi connectivity index (χ3n) is 5.61. The van der Waals surface area contributed by atoms with Gasteiger partial charge in [0, 0.05) is 44.0 Å². The van der Waals surface area contributed by atoms with Gasteiger partial charge in [0.2, 0.25) is 5.84 Å². The third kappa shape index (κ3) is 4.63. The number of nitrogens with zero attached hydrogens (tertiary/aromatic N) is 6. The molecule has 172 valence electrons. The highest BCUT2D eigenvalue weighted by molar-refractivity contribution is 6.00. The molecule has 1 aliphatic rings. The number of nitrogen functional groups attached to an aromatic ring is 1. The summed E-state index contributed by atoms with van der Waals surface area (Å²) in [6.07, 6.45) is 0. The summed E-state index contributed by atoms with van der Waals surface area (Å²) >= 11 is 0. The van der Waals surface area contributed by atoms with Crippen LogP contribution in [0.4, 0.5) is 22.9 Å². The van der Waals surface area contributed by atoms with Crippen molar-refractivity contribution in [3.05, 3.63) is 69.9 Å². The Balaban J connectivity index is 1.50. The molecule has 4 N–H and O–H groups in total. The Morgan fingerprint density at radius 3 is 2.55 bits per heavy atom. The summed E-state index contributed by atoms with van der Waals surface area (Å²) in [6, 6.07) is 14.7. The standard InChI is InChI=1S/C21H24N8O4/c1-14(15-5-3-2-4-6-15)23-17-13-16(7-8-18(17)29(31)32)27-9-11-28(12-10-27)21(24-30)19-20(22)26-33-25-19/h2-8,13-14,23,30H,9-12H2,1H3,(H2,22,26)/b24-21+/t14-/m0/s1. The van der Waals surface area contributed by atoms with Gasteiger partial charge >= 0.3 is 0 Å². The van der Waals surface area contributed by atoms with E-state index in [1.807, 2.05) is 42.2 Å². The summed E-state index contributed by atoms with van der Waals surface area (Å²) in [7, 11) is 0. The Labute approximate surface area is 189 Å². The van der Waals surface area contributed by atoms with Crippen molar-refractivity contribution < 1.29 is 14.8 Å². The minimum Gasteiger partial charge on any atom is -0.409 e. The minimum absolute atomic E-state index is 0.0175. The molecule has 1 saturated heterocycles. The van der Waals surface area contributed by atoms with Crippen molar-refractivity contribution in [3.8, 4) is 0 Å². The van der Waals surface area contributed by atoms with E-state index in [0.717, 1.165) is 11.3 Å². The van der Waals surface area contributed by atoms with Gasteiger partial charge in [0.05, 0.1) is 4.92 Å². The fraction of sp³-hybridized carbons (Fsp3) is 0.286. The second-order valence-corrected chi connectivity index (χ2v) is 7.63. The van der Waals surface area contributed by atoms with Gasteiger partial charge in [-0.25, -0.2) is 4.63 Å². The number of nitro benzene ring substituents is 1. The van der Waals surface area contributed by atoms with E-state index in [1.165, 1.54) is 6.07 Å². The smallest absolute Gasteiger partial charge is 0.292 e. The molecule has 0 unspecified atom stereocenters. The quantitative estimate of drug-likeness (QED) is 0.167. The molecule has 33 heavy (non-hydrogen) atoms. The van der Waals surface area contributed by atoms with Gasteiger partial charge in [-0.05, 0) is 34.9 Å². The molecule has 0 radical (unpaired) electrons. The molecule has 1 atom stereocenters. The monoisotopic (exact) mass is 452 g/mol. The molecular weight excluding hydrogens is 428 g/mol. The molecule has 2 aromatic carbocycles. The number of rotatable bonds is 6. The fourth-order valence-corrected chi connectivity index (χ4v) is 3.84. The van der Waals surface area contributed by atoms with Crippen LogP contribution in [0.2, 0.25) is 0 Å². The number of hydrogen-bond acceptors (Lipinski definition) is 10. The van der Waals surface area contributed by atoms with Crippen LogP contribution in [-0.2, 0) is 0 Å². The van der Waals surface area contributed by atoms with Crippen molar-refractivity contribution in [2.75, 3.05) is 42.1 Å². The summed E-state index contributed by atoms with van der Waals surface area (Å²) in [5.41, 5.74) is 8.26. The Kier molecular flexibility index (Phi) is 6.24. The van der Waals surface area contributed by atoms with Crippen LogP contribution >= 0.6 is 0 Å². The molecule has 12 heteroatoms. The van der Waals surface area contributed by atoms with Crippen LogP contribution in [0.1, 0.15) is 24.2 Å². The Hall–Kier alpha value is -4.35. The second-order valence-electron chi connectivity index (χ2n) is 7.63. The zero-order valence-electron chi connectivity index (χ0n) is 18.0. The molecule has 4 rings (SSSR count). The lowest BCUT2D eigenvalue weighted by atomic mass is 10.1. The molecule has 2 heterocycles. The van der Waals surface area contributed by atoms with Gasteiger partial charge in [-0.15, -0.1) is 0 Å². The summed E-state index contributed by atoms with van der Waals surface area (Å²) in [5.74, 6) is 0.236. The van der Waals surface area contributed by atoms with Gasteiger partial charge in [-0.1, -0.05) is 35.5 Å². The van der Waals surface area contributed by atoms with E-state index in [4.69, 9.17) is 5.73 Å². The zero-order chi connectivity index (χ0) is 23.4. The molecule has 0 bridgehead atoms. The lowest BCUT2D eigenvalue weighted by molar-refractivity contribution is -0.384. The van der Waals surface area contributed by atoms with Crippen molar-refractivity contribution in [1.29, 1.82) is 0 Å². The van der Waals surface area contributed by atoms with Crippen LogP contribution in [0.15, 0.2) is 58.3 Å². The van der Waals surface area contributed by atoms with Crippen LogP contribution < -0.4 is 16.0 Å². The van der Waals surface area contributed by atoms with Crippen LogP contribution in [0.3, 0.4) is 0 Å². The van der Waals surface area contributed by atoms with Crippen molar-refractivity contribution >= 4 is 28.7 Å². The van der Waals surface area contributed by atoms with E-state index in [2.05, 4.69) is 30.3 Å². The zero-order valence-corrected chi connectivity index (χ0v) is 18.0. The number of benzene rings is 2. The molecule has 1 fully saturated rings. The van der Waals surface area contributed by atoms with Crippen molar-refractivity contribution in [2.24, 2.45) is 5.16 Å². The largest absolute Gasteiger partial charge is 0.409 e. The summed E-state index contributed by atoms with van der Waals surface area (Å²) in [5, 5.41) is 34.9.